The average molecular weight is 498 g/mol. The van der Waals surface area contributed by atoms with Crippen molar-refractivity contribution in [2.75, 3.05) is 24.5 Å². The van der Waals surface area contributed by atoms with Crippen LogP contribution in [0.5, 0.6) is 0 Å². The normalized spacial score (nSPS) is 15.0. The zero-order valence-corrected chi connectivity index (χ0v) is 21.3. The summed E-state index contributed by atoms with van der Waals surface area (Å²) in [6.07, 6.45) is 4.26. The smallest absolute Gasteiger partial charge is 0.150 e. The van der Waals surface area contributed by atoms with Gasteiger partial charge in [0.25, 0.3) is 0 Å². The summed E-state index contributed by atoms with van der Waals surface area (Å²) in [5.41, 5.74) is 7.10. The molecule has 7 heteroatoms. The van der Waals surface area contributed by atoms with Crippen LogP contribution in [-0.2, 0) is 0 Å². The lowest BCUT2D eigenvalue weighted by Gasteiger charge is -2.33. The molecule has 3 heterocycles. The van der Waals surface area contributed by atoms with Gasteiger partial charge in [0.15, 0.2) is 5.65 Å². The van der Waals surface area contributed by atoms with Crippen LogP contribution in [0.4, 0.5) is 5.82 Å². The second-order valence-corrected chi connectivity index (χ2v) is 10.1. The molecule has 0 bridgehead atoms. The molecule has 0 spiro atoms. The van der Waals surface area contributed by atoms with Crippen molar-refractivity contribution >= 4 is 32.8 Å². The number of aromatic nitrogens is 3. The highest BCUT2D eigenvalue weighted by atomic mass is 79.9. The first-order chi connectivity index (χ1) is 15.3. The van der Waals surface area contributed by atoms with Gasteiger partial charge >= 0.3 is 0 Å². The van der Waals surface area contributed by atoms with Crippen molar-refractivity contribution in [2.24, 2.45) is 11.1 Å². The molecule has 0 aliphatic carbocycles. The van der Waals surface area contributed by atoms with E-state index in [1.165, 1.54) is 33.5 Å². The predicted molar refractivity (Wildman–Crippen MR) is 135 cm³/mol. The summed E-state index contributed by atoms with van der Waals surface area (Å²) >= 11 is 3.63. The quantitative estimate of drug-likeness (QED) is 0.288. The lowest BCUT2D eigenvalue weighted by atomic mass is 9.92. The van der Waals surface area contributed by atoms with Crippen molar-refractivity contribution in [2.45, 2.75) is 60.3 Å². The van der Waals surface area contributed by atoms with E-state index < -0.39 is 0 Å². The zero-order valence-electron chi connectivity index (χ0n) is 19.7. The van der Waals surface area contributed by atoms with Gasteiger partial charge in [-0.3, -0.25) is 4.57 Å². The first kappa shape index (κ1) is 22.9. The van der Waals surface area contributed by atoms with Crippen molar-refractivity contribution in [1.29, 1.82) is 0 Å². The summed E-state index contributed by atoms with van der Waals surface area (Å²) in [4.78, 5) is 22.7. The van der Waals surface area contributed by atoms with Gasteiger partial charge in [0.1, 0.15) is 11.6 Å². The number of hydrogen-bond donors (Lipinski definition) is 0. The van der Waals surface area contributed by atoms with Gasteiger partial charge in [-0.25, -0.2) is 9.97 Å². The summed E-state index contributed by atoms with van der Waals surface area (Å²) in [6, 6.07) is 4.34. The number of rotatable bonds is 6. The van der Waals surface area contributed by atoms with Crippen LogP contribution in [0.3, 0.4) is 0 Å². The molecule has 2 aromatic heterocycles. The Morgan fingerprint density at radius 2 is 1.72 bits per heavy atom. The third kappa shape index (κ3) is 4.19. The molecule has 170 valence electrons. The van der Waals surface area contributed by atoms with Gasteiger partial charge in [-0.05, 0) is 95.0 Å². The standard InChI is InChI=1S/C25H32BrN5O/c1-15-13-21(26)14-16(2)23(15)31-18(4)17(3)22-24(28-19(5)29-25(22)31)30-11-8-20(9-12-30)7-6-10-27-32/h13-14,20H,6-12H2,1-5H3. The molecule has 1 fully saturated rings. The third-order valence-electron chi connectivity index (χ3n) is 6.90. The van der Waals surface area contributed by atoms with E-state index in [4.69, 9.17) is 9.97 Å². The Kier molecular flexibility index (Phi) is 6.65. The average Bonchev–Trinajstić information content (AvgIpc) is 2.98. The largest absolute Gasteiger partial charge is 0.356 e. The fourth-order valence-electron chi connectivity index (χ4n) is 5.18. The molecule has 0 radical (unpaired) electrons. The van der Waals surface area contributed by atoms with E-state index in [2.05, 4.69) is 70.4 Å². The predicted octanol–water partition coefficient (Wildman–Crippen LogP) is 6.49. The van der Waals surface area contributed by atoms with E-state index in [9.17, 15) is 4.91 Å². The molecule has 0 N–H and O–H groups in total. The Balaban J connectivity index is 1.76. The van der Waals surface area contributed by atoms with Crippen LogP contribution in [0.1, 0.15) is 53.9 Å². The van der Waals surface area contributed by atoms with Crippen molar-refractivity contribution in [1.82, 2.24) is 14.5 Å². The number of nitroso groups, excluding NO2 is 1. The number of fused-ring (bicyclic) bond motifs is 1. The highest BCUT2D eigenvalue weighted by molar-refractivity contribution is 9.10. The summed E-state index contributed by atoms with van der Waals surface area (Å²) < 4.78 is 3.42. The minimum atomic E-state index is 0.437. The molecule has 1 saturated heterocycles. The number of aryl methyl sites for hydroxylation is 4. The fourth-order valence-corrected chi connectivity index (χ4v) is 5.87. The van der Waals surface area contributed by atoms with Gasteiger partial charge < -0.3 is 4.90 Å². The molecular formula is C25H32BrN5O. The summed E-state index contributed by atoms with van der Waals surface area (Å²) in [5, 5.41) is 4.17. The molecule has 6 nitrogen and oxygen atoms in total. The highest BCUT2D eigenvalue weighted by Crippen LogP contribution is 2.37. The number of anilines is 1. The second kappa shape index (κ2) is 9.30. The van der Waals surface area contributed by atoms with E-state index in [0.29, 0.717) is 12.5 Å². The summed E-state index contributed by atoms with van der Waals surface area (Å²) in [5.74, 6) is 2.54. The maximum Gasteiger partial charge on any atom is 0.150 e. The zero-order chi connectivity index (χ0) is 23.0. The van der Waals surface area contributed by atoms with E-state index in [1.807, 2.05) is 6.92 Å². The number of benzene rings is 1. The van der Waals surface area contributed by atoms with E-state index in [0.717, 1.165) is 60.5 Å². The van der Waals surface area contributed by atoms with Crippen LogP contribution < -0.4 is 4.90 Å². The van der Waals surface area contributed by atoms with Crippen LogP contribution in [0.25, 0.3) is 16.7 Å². The Labute approximate surface area is 198 Å². The minimum absolute atomic E-state index is 0.437. The van der Waals surface area contributed by atoms with Crippen LogP contribution in [-0.4, -0.2) is 34.2 Å². The lowest BCUT2D eigenvalue weighted by molar-refractivity contribution is 0.374. The van der Waals surface area contributed by atoms with Crippen LogP contribution in [0.2, 0.25) is 0 Å². The van der Waals surface area contributed by atoms with Gasteiger partial charge in [-0.1, -0.05) is 21.1 Å². The molecule has 0 unspecified atom stereocenters. The van der Waals surface area contributed by atoms with Crippen molar-refractivity contribution in [3.63, 3.8) is 0 Å². The topological polar surface area (TPSA) is 63.4 Å². The maximum absolute atomic E-state index is 10.4. The summed E-state index contributed by atoms with van der Waals surface area (Å²) in [7, 11) is 0. The minimum Gasteiger partial charge on any atom is -0.356 e. The van der Waals surface area contributed by atoms with Gasteiger partial charge in [0.2, 0.25) is 0 Å². The van der Waals surface area contributed by atoms with Gasteiger partial charge in [0.05, 0.1) is 17.6 Å². The molecule has 0 atom stereocenters. The lowest BCUT2D eigenvalue weighted by Crippen LogP contribution is -2.34. The molecule has 1 aliphatic heterocycles. The second-order valence-electron chi connectivity index (χ2n) is 9.15. The maximum atomic E-state index is 10.4. The number of halogens is 1. The van der Waals surface area contributed by atoms with Crippen molar-refractivity contribution < 1.29 is 0 Å². The Morgan fingerprint density at radius 1 is 1.06 bits per heavy atom. The van der Waals surface area contributed by atoms with Crippen LogP contribution >= 0.6 is 15.9 Å². The monoisotopic (exact) mass is 497 g/mol. The highest BCUT2D eigenvalue weighted by Gasteiger charge is 2.26. The number of nitrogens with zero attached hydrogens (tertiary/aromatic N) is 5. The third-order valence-corrected chi connectivity index (χ3v) is 7.36. The summed E-state index contributed by atoms with van der Waals surface area (Å²) in [6.45, 7) is 13.1. The van der Waals surface area contributed by atoms with E-state index in [-0.39, 0.29) is 0 Å². The first-order valence-corrected chi connectivity index (χ1v) is 12.3. The molecular weight excluding hydrogens is 466 g/mol. The molecule has 0 saturated carbocycles. The Morgan fingerprint density at radius 3 is 2.34 bits per heavy atom. The number of piperidine rings is 1. The Bertz CT molecular complexity index is 1140. The molecule has 4 rings (SSSR count). The van der Waals surface area contributed by atoms with Crippen LogP contribution in [0.15, 0.2) is 21.8 Å². The van der Waals surface area contributed by atoms with Crippen molar-refractivity contribution in [3.05, 3.63) is 49.7 Å². The SMILES string of the molecule is Cc1nc(N2CCC(CCCN=O)CC2)c2c(C)c(C)n(-c3c(C)cc(Br)cc3C)c2n1. The fraction of sp³-hybridized carbons (Fsp3) is 0.520. The number of hydrogen-bond acceptors (Lipinski definition) is 5. The van der Waals surface area contributed by atoms with Crippen molar-refractivity contribution in [3.8, 4) is 5.69 Å². The van der Waals surface area contributed by atoms with Gasteiger partial charge in [-0.2, -0.15) is 4.91 Å². The first-order valence-electron chi connectivity index (χ1n) is 11.5. The van der Waals surface area contributed by atoms with Crippen LogP contribution in [0, 0.1) is 45.4 Å². The van der Waals surface area contributed by atoms with Gasteiger partial charge in [0, 0.05) is 23.3 Å². The van der Waals surface area contributed by atoms with E-state index in [1.54, 1.807) is 0 Å². The van der Waals surface area contributed by atoms with E-state index >= 15 is 0 Å². The molecule has 32 heavy (non-hydrogen) atoms. The Hall–Kier alpha value is -2.28. The molecule has 1 aliphatic rings. The molecule has 1 aromatic carbocycles. The molecule has 0 amide bonds. The molecule has 3 aromatic rings. The van der Waals surface area contributed by atoms with Gasteiger partial charge in [-0.15, -0.1) is 0 Å².